The molecule has 16 heavy (non-hydrogen) atoms. The van der Waals surface area contributed by atoms with Crippen LogP contribution in [0.1, 0.15) is 32.6 Å². The van der Waals surface area contributed by atoms with Crippen molar-refractivity contribution in [3.8, 4) is 0 Å². The summed E-state index contributed by atoms with van der Waals surface area (Å²) in [5, 5.41) is 3.61. The Kier molecular flexibility index (Phi) is 4.03. The first kappa shape index (κ1) is 11.3. The van der Waals surface area contributed by atoms with Gasteiger partial charge in [0.1, 0.15) is 0 Å². The van der Waals surface area contributed by atoms with Crippen molar-refractivity contribution in [2.75, 3.05) is 0 Å². The maximum atomic E-state index is 3.61. The van der Waals surface area contributed by atoms with Crippen LogP contribution in [0.5, 0.6) is 0 Å². The van der Waals surface area contributed by atoms with Gasteiger partial charge in [0.25, 0.3) is 0 Å². The summed E-state index contributed by atoms with van der Waals surface area (Å²) in [6, 6.07) is 0.419. The van der Waals surface area contributed by atoms with Crippen LogP contribution < -0.4 is 5.32 Å². The van der Waals surface area contributed by atoms with Gasteiger partial charge in [0, 0.05) is 17.7 Å². The molecule has 86 valence electrons. The van der Waals surface area contributed by atoms with Crippen LogP contribution in [0.25, 0.3) is 0 Å². The van der Waals surface area contributed by atoms with E-state index in [9.17, 15) is 0 Å². The predicted molar refractivity (Wildman–Crippen MR) is 70.1 cm³/mol. The predicted octanol–water partition coefficient (Wildman–Crippen LogP) is 3.72. The molecule has 0 spiro atoms. The number of hydrogen-bond donors (Lipinski definition) is 1. The van der Waals surface area contributed by atoms with Gasteiger partial charge in [0.15, 0.2) is 0 Å². The van der Waals surface area contributed by atoms with E-state index in [0.717, 1.165) is 0 Å². The highest BCUT2D eigenvalue weighted by Crippen LogP contribution is 2.24. The van der Waals surface area contributed by atoms with Crippen LogP contribution in [0.3, 0.4) is 0 Å². The lowest BCUT2D eigenvalue weighted by atomic mass is 9.91. The Hall–Kier alpha value is -1.24. The third-order valence-corrected chi connectivity index (χ3v) is 3.24. The minimum absolute atomic E-state index is 0.419. The van der Waals surface area contributed by atoms with Gasteiger partial charge in [0.05, 0.1) is 0 Å². The molecule has 2 atom stereocenters. The number of rotatable bonds is 0. The van der Waals surface area contributed by atoms with E-state index in [0.29, 0.717) is 12.0 Å². The van der Waals surface area contributed by atoms with Gasteiger partial charge in [-0.15, -0.1) is 0 Å². The van der Waals surface area contributed by atoms with Gasteiger partial charge in [-0.2, -0.15) is 0 Å². The zero-order chi connectivity index (χ0) is 11.2. The largest absolute Gasteiger partial charge is 0.382 e. The number of fused-ring (bicyclic) bond motifs is 1. The number of allylic oxidation sites excluding steroid dienone is 7. The zero-order valence-electron chi connectivity index (χ0n) is 10.0. The summed E-state index contributed by atoms with van der Waals surface area (Å²) in [7, 11) is 0. The van der Waals surface area contributed by atoms with Crippen molar-refractivity contribution in [3.05, 3.63) is 48.2 Å². The van der Waals surface area contributed by atoms with Gasteiger partial charge in [-0.05, 0) is 38.7 Å². The smallest absolute Gasteiger partial charge is 0.0416 e. The molecule has 0 saturated carbocycles. The maximum absolute atomic E-state index is 3.61. The quantitative estimate of drug-likeness (QED) is 0.649. The van der Waals surface area contributed by atoms with Crippen LogP contribution in [-0.2, 0) is 0 Å². The summed E-state index contributed by atoms with van der Waals surface area (Å²) in [6.07, 6.45) is 20.5. The van der Waals surface area contributed by atoms with E-state index in [4.69, 9.17) is 0 Å². The van der Waals surface area contributed by atoms with E-state index in [2.05, 4.69) is 54.8 Å². The highest BCUT2D eigenvalue weighted by molar-refractivity contribution is 5.21. The number of nitrogens with one attached hydrogen (secondary N) is 1. The van der Waals surface area contributed by atoms with Crippen LogP contribution in [0.2, 0.25) is 0 Å². The molecule has 0 aromatic carbocycles. The van der Waals surface area contributed by atoms with Crippen molar-refractivity contribution in [3.63, 3.8) is 0 Å². The van der Waals surface area contributed by atoms with Crippen molar-refractivity contribution in [1.29, 1.82) is 0 Å². The van der Waals surface area contributed by atoms with E-state index in [1.807, 2.05) is 0 Å². The van der Waals surface area contributed by atoms with E-state index in [1.54, 1.807) is 0 Å². The molecule has 1 nitrogen and oxygen atoms in total. The molecule has 0 fully saturated rings. The first-order chi connectivity index (χ1) is 7.86. The lowest BCUT2D eigenvalue weighted by Gasteiger charge is -2.24. The fourth-order valence-corrected chi connectivity index (χ4v) is 2.32. The van der Waals surface area contributed by atoms with Crippen LogP contribution >= 0.6 is 0 Å². The molecule has 2 rings (SSSR count). The molecule has 1 aliphatic carbocycles. The summed E-state index contributed by atoms with van der Waals surface area (Å²) in [4.78, 5) is 0. The average molecular weight is 215 g/mol. The first-order valence-electron chi connectivity index (χ1n) is 6.33. The SMILES string of the molecule is CC1/C=C\C=C/CCCC2CC=CC=C2N1. The highest BCUT2D eigenvalue weighted by Gasteiger charge is 2.15. The maximum Gasteiger partial charge on any atom is 0.0416 e. The zero-order valence-corrected chi connectivity index (χ0v) is 10.0. The molecule has 2 unspecified atom stereocenters. The Balaban J connectivity index is 2.09. The lowest BCUT2D eigenvalue weighted by Crippen LogP contribution is -2.28. The van der Waals surface area contributed by atoms with Crippen molar-refractivity contribution < 1.29 is 0 Å². The summed E-state index contributed by atoms with van der Waals surface area (Å²) >= 11 is 0. The molecule has 0 bridgehead atoms. The van der Waals surface area contributed by atoms with E-state index in [-0.39, 0.29) is 0 Å². The van der Waals surface area contributed by atoms with Crippen molar-refractivity contribution >= 4 is 0 Å². The Morgan fingerprint density at radius 2 is 2.12 bits per heavy atom. The van der Waals surface area contributed by atoms with Gasteiger partial charge in [-0.25, -0.2) is 0 Å². The Bertz CT molecular complexity index is 333. The van der Waals surface area contributed by atoms with Gasteiger partial charge >= 0.3 is 0 Å². The van der Waals surface area contributed by atoms with Crippen molar-refractivity contribution in [1.82, 2.24) is 5.32 Å². The third-order valence-electron chi connectivity index (χ3n) is 3.24. The van der Waals surface area contributed by atoms with E-state index >= 15 is 0 Å². The highest BCUT2D eigenvalue weighted by atomic mass is 14.9. The molecule has 1 heterocycles. The minimum atomic E-state index is 0.419. The summed E-state index contributed by atoms with van der Waals surface area (Å²) < 4.78 is 0. The molecule has 2 aliphatic rings. The van der Waals surface area contributed by atoms with Crippen molar-refractivity contribution in [2.45, 2.75) is 38.6 Å². The molecule has 0 saturated heterocycles. The Labute approximate surface area is 98.6 Å². The van der Waals surface area contributed by atoms with E-state index in [1.165, 1.54) is 31.4 Å². The first-order valence-corrected chi connectivity index (χ1v) is 6.33. The van der Waals surface area contributed by atoms with Crippen LogP contribution in [0, 0.1) is 5.92 Å². The molecular formula is C15H21N. The topological polar surface area (TPSA) is 12.0 Å². The third kappa shape index (κ3) is 3.13. The molecule has 1 heteroatoms. The summed E-state index contributed by atoms with van der Waals surface area (Å²) in [5.74, 6) is 0.701. The van der Waals surface area contributed by atoms with Gasteiger partial charge in [-0.1, -0.05) is 36.5 Å². The second kappa shape index (κ2) is 5.74. The van der Waals surface area contributed by atoms with Crippen LogP contribution in [-0.4, -0.2) is 6.04 Å². The molecule has 0 aromatic heterocycles. The Morgan fingerprint density at radius 3 is 3.06 bits per heavy atom. The second-order valence-corrected chi connectivity index (χ2v) is 4.66. The summed E-state index contributed by atoms with van der Waals surface area (Å²) in [5.41, 5.74) is 1.42. The lowest BCUT2D eigenvalue weighted by molar-refractivity contribution is 0.493. The standard InChI is InChI=1S/C15H21N/c1-13-9-5-3-2-4-6-10-14-11-7-8-12-15(14)16-13/h2-3,5,7-9,12-14,16H,4,6,10-11H2,1H3/b3-2-,9-5-. The normalized spacial score (nSPS) is 33.9. The van der Waals surface area contributed by atoms with Gasteiger partial charge < -0.3 is 5.32 Å². The number of hydrogen-bond acceptors (Lipinski definition) is 1. The van der Waals surface area contributed by atoms with Crippen LogP contribution in [0.4, 0.5) is 0 Å². The van der Waals surface area contributed by atoms with Crippen molar-refractivity contribution in [2.24, 2.45) is 5.92 Å². The molecule has 1 N–H and O–H groups in total. The summed E-state index contributed by atoms with van der Waals surface area (Å²) in [6.45, 7) is 2.21. The molecular weight excluding hydrogens is 194 g/mol. The fraction of sp³-hybridized carbons (Fsp3) is 0.467. The molecule has 1 aliphatic heterocycles. The molecule has 0 aromatic rings. The minimum Gasteiger partial charge on any atom is -0.382 e. The Morgan fingerprint density at radius 1 is 1.19 bits per heavy atom. The second-order valence-electron chi connectivity index (χ2n) is 4.66. The molecule has 0 radical (unpaired) electrons. The monoisotopic (exact) mass is 215 g/mol. The van der Waals surface area contributed by atoms with Gasteiger partial charge in [0.2, 0.25) is 0 Å². The molecule has 0 amide bonds. The van der Waals surface area contributed by atoms with Crippen LogP contribution in [0.15, 0.2) is 48.2 Å². The fourth-order valence-electron chi connectivity index (χ4n) is 2.32. The average Bonchev–Trinajstić information content (AvgIpc) is 2.33. The van der Waals surface area contributed by atoms with E-state index < -0.39 is 0 Å². The van der Waals surface area contributed by atoms with Gasteiger partial charge in [-0.3, -0.25) is 0 Å².